The van der Waals surface area contributed by atoms with Crippen molar-refractivity contribution in [2.75, 3.05) is 58.9 Å². The first-order valence-electron chi connectivity index (χ1n) is 17.8. The van der Waals surface area contributed by atoms with E-state index in [1.807, 2.05) is 59.5 Å². The number of anilines is 1. The minimum absolute atomic E-state index is 0.0493. The van der Waals surface area contributed by atoms with Crippen molar-refractivity contribution in [3.63, 3.8) is 0 Å². The lowest BCUT2D eigenvalue weighted by molar-refractivity contribution is -0.146. The molecule has 1 N–H and O–H groups in total. The molecule has 49 heavy (non-hydrogen) atoms. The van der Waals surface area contributed by atoms with E-state index in [4.69, 9.17) is 18.9 Å². The molecule has 2 aliphatic rings. The predicted molar refractivity (Wildman–Crippen MR) is 192 cm³/mol. The maximum atomic E-state index is 12.9. The lowest BCUT2D eigenvalue weighted by Gasteiger charge is -2.26. The molecule has 5 rings (SSSR count). The van der Waals surface area contributed by atoms with Crippen LogP contribution in [0.5, 0.6) is 0 Å². The summed E-state index contributed by atoms with van der Waals surface area (Å²) in [6.45, 7) is 7.17. The highest BCUT2D eigenvalue weighted by Gasteiger charge is 2.42. The maximum absolute atomic E-state index is 12.9. The molecule has 0 bridgehead atoms. The largest absolute Gasteiger partial charge is 0.446 e. The SMILES string of the molecule is CCCCN(CC(OC)OC)C(=O)CCOCCc1cccc(CN2C[C@H]3C[C@H](OC(=O)Nc4ccccc4-c4ccccc4)C[C@H]3C2)c1. The van der Waals surface area contributed by atoms with Gasteiger partial charge in [0.15, 0.2) is 6.29 Å². The van der Waals surface area contributed by atoms with E-state index in [2.05, 4.69) is 41.4 Å². The fourth-order valence-electron chi connectivity index (χ4n) is 7.16. The fraction of sp³-hybridized carbons (Fsp3) is 0.500. The van der Waals surface area contributed by atoms with Gasteiger partial charge in [-0.25, -0.2) is 4.79 Å². The van der Waals surface area contributed by atoms with Crippen LogP contribution in [0.3, 0.4) is 0 Å². The second-order valence-electron chi connectivity index (χ2n) is 13.3. The Bertz CT molecular complexity index is 1450. The number of carbonyl (C=O) groups excluding carboxylic acids is 2. The number of likely N-dealkylation sites (tertiary alicyclic amines) is 1. The fourth-order valence-corrected chi connectivity index (χ4v) is 7.16. The second kappa shape index (κ2) is 18.9. The van der Waals surface area contributed by atoms with Gasteiger partial charge in [0.1, 0.15) is 6.10 Å². The Hall–Kier alpha value is -3.76. The molecular weight excluding hydrogens is 618 g/mol. The third-order valence-electron chi connectivity index (χ3n) is 9.73. The smallest absolute Gasteiger partial charge is 0.411 e. The quantitative estimate of drug-likeness (QED) is 0.115. The lowest BCUT2D eigenvalue weighted by atomic mass is 10.0. The first-order valence-corrected chi connectivity index (χ1v) is 17.8. The van der Waals surface area contributed by atoms with Gasteiger partial charge in [-0.3, -0.25) is 15.0 Å². The van der Waals surface area contributed by atoms with Crippen molar-refractivity contribution >= 4 is 17.7 Å². The van der Waals surface area contributed by atoms with Gasteiger partial charge in [-0.1, -0.05) is 86.1 Å². The molecular formula is C40H53N3O6. The predicted octanol–water partition coefficient (Wildman–Crippen LogP) is 7.01. The molecule has 1 heterocycles. The number of methoxy groups -OCH3 is 2. The molecule has 1 saturated heterocycles. The Balaban J connectivity index is 1.01. The van der Waals surface area contributed by atoms with Gasteiger partial charge < -0.3 is 23.8 Å². The van der Waals surface area contributed by atoms with Crippen LogP contribution in [0.4, 0.5) is 10.5 Å². The molecule has 9 heteroatoms. The van der Waals surface area contributed by atoms with Crippen LogP contribution in [0.2, 0.25) is 0 Å². The van der Waals surface area contributed by atoms with Crippen LogP contribution >= 0.6 is 0 Å². The number of rotatable bonds is 18. The van der Waals surface area contributed by atoms with Crippen LogP contribution < -0.4 is 5.32 Å². The number of nitrogens with zero attached hydrogens (tertiary/aromatic N) is 2. The van der Waals surface area contributed by atoms with Crippen LogP contribution in [0.15, 0.2) is 78.9 Å². The molecule has 2 fully saturated rings. The summed E-state index contributed by atoms with van der Waals surface area (Å²) >= 11 is 0. The topological polar surface area (TPSA) is 89.6 Å². The Morgan fingerprint density at radius 3 is 2.35 bits per heavy atom. The standard InChI is InChI=1S/C40H53N3O6/c1-4-5-20-43(29-39(46-2)47-3)38(44)19-22-48-21-18-30-12-11-13-31(23-30)26-42-27-33-24-35(25-34(33)28-42)49-40(45)41-37-17-10-9-16-36(37)32-14-7-6-8-15-32/h6-17,23,33-35,39H,4-5,18-22,24-29H2,1-3H3,(H,41,45)/t33-,34+,35+. The Labute approximate surface area is 291 Å². The van der Waals surface area contributed by atoms with Crippen molar-refractivity contribution in [2.24, 2.45) is 11.8 Å². The third-order valence-corrected chi connectivity index (χ3v) is 9.73. The molecule has 0 aromatic heterocycles. The summed E-state index contributed by atoms with van der Waals surface area (Å²) in [5.74, 6) is 1.15. The minimum atomic E-state index is -0.423. The van der Waals surface area contributed by atoms with E-state index in [-0.39, 0.29) is 18.1 Å². The monoisotopic (exact) mass is 671 g/mol. The van der Waals surface area contributed by atoms with Crippen LogP contribution in [0, 0.1) is 11.8 Å². The number of hydrogen-bond donors (Lipinski definition) is 1. The number of para-hydroxylation sites is 1. The van der Waals surface area contributed by atoms with Gasteiger partial charge in [-0.2, -0.15) is 0 Å². The van der Waals surface area contributed by atoms with Crippen molar-refractivity contribution in [3.05, 3.63) is 90.0 Å². The molecule has 3 aromatic carbocycles. The summed E-state index contributed by atoms with van der Waals surface area (Å²) in [6, 6.07) is 26.6. The molecule has 1 saturated carbocycles. The van der Waals surface area contributed by atoms with Crippen molar-refractivity contribution < 1.29 is 28.5 Å². The highest BCUT2D eigenvalue weighted by Crippen LogP contribution is 2.40. The molecule has 0 unspecified atom stereocenters. The molecule has 3 atom stereocenters. The van der Waals surface area contributed by atoms with Crippen molar-refractivity contribution in [2.45, 2.75) is 64.4 Å². The third kappa shape index (κ3) is 10.9. The van der Waals surface area contributed by atoms with E-state index in [9.17, 15) is 9.59 Å². The van der Waals surface area contributed by atoms with Gasteiger partial charge in [0.05, 0.1) is 31.9 Å². The summed E-state index contributed by atoms with van der Waals surface area (Å²) in [7, 11) is 3.18. The van der Waals surface area contributed by atoms with E-state index in [1.54, 1.807) is 14.2 Å². The summed E-state index contributed by atoms with van der Waals surface area (Å²) in [5, 5.41) is 2.99. The van der Waals surface area contributed by atoms with Crippen molar-refractivity contribution in [3.8, 4) is 11.1 Å². The van der Waals surface area contributed by atoms with E-state index in [1.165, 1.54) is 11.1 Å². The first-order chi connectivity index (χ1) is 23.9. The van der Waals surface area contributed by atoms with Crippen LogP contribution in [0.1, 0.15) is 50.2 Å². The molecule has 0 spiro atoms. The van der Waals surface area contributed by atoms with Crippen LogP contribution in [-0.2, 0) is 36.7 Å². The summed E-state index contributed by atoms with van der Waals surface area (Å²) in [6.07, 6.45) is 4.08. The zero-order chi connectivity index (χ0) is 34.4. The molecule has 1 aliphatic carbocycles. The number of benzene rings is 3. The van der Waals surface area contributed by atoms with E-state index in [0.29, 0.717) is 44.6 Å². The number of fused-ring (bicyclic) bond motifs is 1. The molecule has 2 amide bonds. The van der Waals surface area contributed by atoms with Crippen molar-refractivity contribution in [1.29, 1.82) is 0 Å². The van der Waals surface area contributed by atoms with Gasteiger partial charge in [0, 0.05) is 46.0 Å². The second-order valence-corrected chi connectivity index (χ2v) is 13.3. The molecule has 3 aromatic rings. The number of nitrogens with one attached hydrogen (secondary N) is 1. The minimum Gasteiger partial charge on any atom is -0.446 e. The zero-order valence-electron chi connectivity index (χ0n) is 29.4. The van der Waals surface area contributed by atoms with E-state index < -0.39 is 6.29 Å². The average molecular weight is 672 g/mol. The zero-order valence-corrected chi connectivity index (χ0v) is 29.4. The molecule has 264 valence electrons. The normalized spacial score (nSPS) is 18.8. The Morgan fingerprint density at radius 2 is 1.61 bits per heavy atom. The average Bonchev–Trinajstić information content (AvgIpc) is 3.66. The number of unbranched alkanes of at least 4 members (excludes halogenated alkanes) is 1. The highest BCUT2D eigenvalue weighted by molar-refractivity contribution is 5.91. The summed E-state index contributed by atoms with van der Waals surface area (Å²) in [4.78, 5) is 30.1. The van der Waals surface area contributed by atoms with E-state index >= 15 is 0 Å². The number of amides is 2. The Kier molecular flexibility index (Phi) is 14.0. The van der Waals surface area contributed by atoms with Gasteiger partial charge >= 0.3 is 6.09 Å². The van der Waals surface area contributed by atoms with Crippen LogP contribution in [0.25, 0.3) is 11.1 Å². The molecule has 9 nitrogen and oxygen atoms in total. The first kappa shape index (κ1) is 36.5. The lowest BCUT2D eigenvalue weighted by Crippen LogP contribution is -2.40. The number of hydrogen-bond acceptors (Lipinski definition) is 7. The van der Waals surface area contributed by atoms with Gasteiger partial charge in [-0.05, 0) is 60.3 Å². The van der Waals surface area contributed by atoms with Gasteiger partial charge in [0.2, 0.25) is 5.91 Å². The molecule has 1 aliphatic heterocycles. The van der Waals surface area contributed by atoms with Gasteiger partial charge in [0.25, 0.3) is 0 Å². The Morgan fingerprint density at radius 1 is 0.898 bits per heavy atom. The molecule has 0 radical (unpaired) electrons. The summed E-state index contributed by atoms with van der Waals surface area (Å²) < 4.78 is 22.4. The van der Waals surface area contributed by atoms with Crippen LogP contribution in [-0.4, -0.2) is 87.8 Å². The van der Waals surface area contributed by atoms with Gasteiger partial charge in [-0.15, -0.1) is 0 Å². The maximum Gasteiger partial charge on any atom is 0.411 e. The highest BCUT2D eigenvalue weighted by atomic mass is 16.7. The number of carbonyl (C=O) groups is 2. The summed E-state index contributed by atoms with van der Waals surface area (Å²) in [5.41, 5.74) is 5.34. The van der Waals surface area contributed by atoms with E-state index in [0.717, 1.165) is 68.6 Å². The van der Waals surface area contributed by atoms with Crippen molar-refractivity contribution in [1.82, 2.24) is 9.80 Å². The number of ether oxygens (including phenoxy) is 4.